The monoisotopic (exact) mass is 349 g/mol. The molecular weight excluding hydrogens is 326 g/mol. The minimum absolute atomic E-state index is 0.0705. The summed E-state index contributed by atoms with van der Waals surface area (Å²) in [5, 5.41) is 2.88. The fraction of sp³-hybridized carbons (Fsp3) is 0.286. The summed E-state index contributed by atoms with van der Waals surface area (Å²) in [4.78, 5) is 21.2. The molecule has 0 spiro atoms. The van der Waals surface area contributed by atoms with Crippen LogP contribution >= 0.6 is 0 Å². The van der Waals surface area contributed by atoms with Gasteiger partial charge in [-0.05, 0) is 49.2 Å². The van der Waals surface area contributed by atoms with Crippen LogP contribution in [0.4, 0.5) is 0 Å². The molecule has 1 heterocycles. The predicted octanol–water partition coefficient (Wildman–Crippen LogP) is 3.98. The fourth-order valence-corrected chi connectivity index (χ4v) is 2.65. The van der Waals surface area contributed by atoms with Crippen molar-refractivity contribution in [2.45, 2.75) is 32.8 Å². The first-order valence-electron chi connectivity index (χ1n) is 8.98. The number of amides is 1. The number of rotatable bonds is 7. The molecule has 0 unspecified atom stereocenters. The van der Waals surface area contributed by atoms with E-state index < -0.39 is 6.10 Å². The molecule has 5 nitrogen and oxygen atoms in total. The van der Waals surface area contributed by atoms with Gasteiger partial charge < -0.3 is 10.1 Å². The second kappa shape index (κ2) is 8.43. The van der Waals surface area contributed by atoms with E-state index in [0.717, 1.165) is 28.7 Å². The molecule has 1 aromatic heterocycles. The summed E-state index contributed by atoms with van der Waals surface area (Å²) in [6.45, 7) is 4.63. The Kier molecular flexibility index (Phi) is 5.79. The van der Waals surface area contributed by atoms with Crippen molar-refractivity contribution in [1.29, 1.82) is 0 Å². The number of nitrogens with one attached hydrogen (secondary N) is 1. The minimum atomic E-state index is -0.479. The molecule has 1 N–H and O–H groups in total. The first-order valence-corrected chi connectivity index (χ1v) is 8.98. The van der Waals surface area contributed by atoms with Gasteiger partial charge in [-0.1, -0.05) is 26.0 Å². The highest BCUT2D eigenvalue weighted by molar-refractivity contribution is 5.81. The fourth-order valence-electron chi connectivity index (χ4n) is 2.65. The number of carbonyl (C=O) groups is 1. The van der Waals surface area contributed by atoms with Crippen LogP contribution in [0.2, 0.25) is 0 Å². The van der Waals surface area contributed by atoms with Crippen LogP contribution in [0.25, 0.3) is 22.3 Å². The molecule has 26 heavy (non-hydrogen) atoms. The van der Waals surface area contributed by atoms with E-state index in [0.29, 0.717) is 18.7 Å². The Morgan fingerprint density at radius 3 is 2.50 bits per heavy atom. The van der Waals surface area contributed by atoms with E-state index in [2.05, 4.69) is 15.3 Å². The van der Waals surface area contributed by atoms with Crippen LogP contribution in [-0.4, -0.2) is 28.5 Å². The van der Waals surface area contributed by atoms with Crippen LogP contribution in [0.15, 0.2) is 54.7 Å². The number of carbonyl (C=O) groups excluding carboxylic acids is 1. The minimum Gasteiger partial charge on any atom is -0.481 e. The summed E-state index contributed by atoms with van der Waals surface area (Å²) in [6.07, 6.45) is 2.82. The van der Waals surface area contributed by atoms with Gasteiger partial charge in [0.2, 0.25) is 0 Å². The molecule has 1 atom stereocenters. The molecule has 0 aliphatic heterocycles. The van der Waals surface area contributed by atoms with Crippen LogP contribution < -0.4 is 10.1 Å². The van der Waals surface area contributed by atoms with Gasteiger partial charge in [-0.25, -0.2) is 4.98 Å². The zero-order valence-corrected chi connectivity index (χ0v) is 15.1. The first-order chi connectivity index (χ1) is 12.7. The van der Waals surface area contributed by atoms with E-state index in [1.807, 2.05) is 62.4 Å². The van der Waals surface area contributed by atoms with Crippen molar-refractivity contribution >= 4 is 16.9 Å². The molecule has 0 saturated carbocycles. The summed E-state index contributed by atoms with van der Waals surface area (Å²) in [5.74, 6) is 0.597. The topological polar surface area (TPSA) is 64.1 Å². The van der Waals surface area contributed by atoms with Crippen molar-refractivity contribution in [2.24, 2.45) is 0 Å². The number of aromatic nitrogens is 2. The molecule has 5 heteroatoms. The number of nitrogens with zero attached hydrogens (tertiary/aromatic N) is 2. The standard InChI is InChI=1S/C21H23N3O2/c1-3-13-22-21(25)20(4-2)26-16-11-9-15(10-12-16)19-14-23-17-7-5-6-8-18(17)24-19/h5-12,14,20H,3-4,13H2,1-2H3,(H,22,25)/t20-/m1/s1. The number of benzene rings is 2. The van der Waals surface area contributed by atoms with Crippen molar-refractivity contribution in [3.05, 3.63) is 54.7 Å². The average molecular weight is 349 g/mol. The molecule has 0 radical (unpaired) electrons. The van der Waals surface area contributed by atoms with Crippen LogP contribution in [0.3, 0.4) is 0 Å². The molecule has 134 valence electrons. The molecule has 0 saturated heterocycles. The van der Waals surface area contributed by atoms with Gasteiger partial charge in [-0.15, -0.1) is 0 Å². The third-order valence-corrected chi connectivity index (χ3v) is 4.09. The third kappa shape index (κ3) is 4.17. The van der Waals surface area contributed by atoms with Crippen LogP contribution in [0, 0.1) is 0 Å². The summed E-state index contributed by atoms with van der Waals surface area (Å²) in [5.41, 5.74) is 3.51. The van der Waals surface area contributed by atoms with Crippen molar-refractivity contribution in [3.63, 3.8) is 0 Å². The second-order valence-corrected chi connectivity index (χ2v) is 6.07. The molecule has 0 aliphatic rings. The number of para-hydroxylation sites is 2. The van der Waals surface area contributed by atoms with Crippen molar-refractivity contribution in [1.82, 2.24) is 15.3 Å². The largest absolute Gasteiger partial charge is 0.481 e. The second-order valence-electron chi connectivity index (χ2n) is 6.07. The summed E-state index contributed by atoms with van der Waals surface area (Å²) >= 11 is 0. The molecule has 2 aromatic carbocycles. The lowest BCUT2D eigenvalue weighted by molar-refractivity contribution is -0.128. The lowest BCUT2D eigenvalue weighted by atomic mass is 10.1. The Balaban J connectivity index is 1.73. The number of ether oxygens (including phenoxy) is 1. The predicted molar refractivity (Wildman–Crippen MR) is 103 cm³/mol. The Bertz CT molecular complexity index is 878. The van der Waals surface area contributed by atoms with Gasteiger partial charge in [0.1, 0.15) is 5.75 Å². The SMILES string of the molecule is CCCNC(=O)[C@@H](CC)Oc1ccc(-c2cnc3ccccc3n2)cc1. The van der Waals surface area contributed by atoms with E-state index in [1.165, 1.54) is 0 Å². The lowest BCUT2D eigenvalue weighted by Crippen LogP contribution is -2.38. The lowest BCUT2D eigenvalue weighted by Gasteiger charge is -2.17. The summed E-state index contributed by atoms with van der Waals surface area (Å²) in [6, 6.07) is 15.4. The molecule has 1 amide bonds. The maximum atomic E-state index is 12.1. The van der Waals surface area contributed by atoms with Crippen LogP contribution in [0.5, 0.6) is 5.75 Å². The molecule has 0 fully saturated rings. The van der Waals surface area contributed by atoms with Crippen molar-refractivity contribution in [2.75, 3.05) is 6.54 Å². The van der Waals surface area contributed by atoms with Gasteiger partial charge in [-0.2, -0.15) is 0 Å². The first kappa shape index (κ1) is 17.9. The van der Waals surface area contributed by atoms with E-state index in [1.54, 1.807) is 6.20 Å². The maximum Gasteiger partial charge on any atom is 0.261 e. The Morgan fingerprint density at radius 2 is 1.81 bits per heavy atom. The van der Waals surface area contributed by atoms with Gasteiger partial charge in [0, 0.05) is 12.1 Å². The van der Waals surface area contributed by atoms with E-state index in [4.69, 9.17) is 4.74 Å². The number of hydrogen-bond acceptors (Lipinski definition) is 4. The molecular formula is C21H23N3O2. The highest BCUT2D eigenvalue weighted by Gasteiger charge is 2.17. The highest BCUT2D eigenvalue weighted by Crippen LogP contribution is 2.23. The van der Waals surface area contributed by atoms with Crippen LogP contribution in [0.1, 0.15) is 26.7 Å². The van der Waals surface area contributed by atoms with Gasteiger partial charge in [0.15, 0.2) is 6.10 Å². The molecule has 0 aliphatic carbocycles. The van der Waals surface area contributed by atoms with Crippen LogP contribution in [-0.2, 0) is 4.79 Å². The maximum absolute atomic E-state index is 12.1. The Labute approximate surface area is 153 Å². The normalized spacial score (nSPS) is 11.9. The smallest absolute Gasteiger partial charge is 0.261 e. The van der Waals surface area contributed by atoms with Crippen molar-refractivity contribution < 1.29 is 9.53 Å². The molecule has 3 rings (SSSR count). The van der Waals surface area contributed by atoms with E-state index in [9.17, 15) is 4.79 Å². The van der Waals surface area contributed by atoms with Crippen molar-refractivity contribution in [3.8, 4) is 17.0 Å². The van der Waals surface area contributed by atoms with Gasteiger partial charge in [0.25, 0.3) is 5.91 Å². The molecule has 0 bridgehead atoms. The Hall–Kier alpha value is -2.95. The average Bonchev–Trinajstić information content (AvgIpc) is 2.70. The van der Waals surface area contributed by atoms with Gasteiger partial charge in [0.05, 0.1) is 22.9 Å². The number of fused-ring (bicyclic) bond motifs is 1. The third-order valence-electron chi connectivity index (χ3n) is 4.09. The van der Waals surface area contributed by atoms with Gasteiger partial charge in [-0.3, -0.25) is 9.78 Å². The zero-order valence-electron chi connectivity index (χ0n) is 15.1. The number of hydrogen-bond donors (Lipinski definition) is 1. The summed E-state index contributed by atoms with van der Waals surface area (Å²) < 4.78 is 5.84. The highest BCUT2D eigenvalue weighted by atomic mass is 16.5. The van der Waals surface area contributed by atoms with Gasteiger partial charge >= 0.3 is 0 Å². The van der Waals surface area contributed by atoms with E-state index in [-0.39, 0.29) is 5.91 Å². The van der Waals surface area contributed by atoms with E-state index >= 15 is 0 Å². The molecule has 3 aromatic rings. The summed E-state index contributed by atoms with van der Waals surface area (Å²) in [7, 11) is 0. The quantitative estimate of drug-likeness (QED) is 0.701. The zero-order chi connectivity index (χ0) is 18.4. The Morgan fingerprint density at radius 1 is 1.08 bits per heavy atom.